The van der Waals surface area contributed by atoms with Gasteiger partial charge >= 0.3 is 0 Å². The molecule has 2 heterocycles. The highest BCUT2D eigenvalue weighted by atomic mass is 32.1. The quantitative estimate of drug-likeness (QED) is 0.735. The van der Waals surface area contributed by atoms with Gasteiger partial charge in [-0.25, -0.2) is 4.39 Å². The predicted molar refractivity (Wildman–Crippen MR) is 95.1 cm³/mol. The fraction of sp³-hybridized carbons (Fsp3) is 0.316. The molecule has 2 aromatic heterocycles. The third kappa shape index (κ3) is 3.08. The standard InChI is InChI=1S/C19H19FN2OS/c1-12-8-16-18(24-12)9-17(19(23)21-10-13-2-3-13)22(16)11-14-4-6-15(20)7-5-14/h4-9,13H,2-3,10-11H2,1H3,(H,21,23). The SMILES string of the molecule is Cc1cc2c(cc(C(=O)NCC3CC3)n2Cc2ccc(F)cc2)s1. The molecule has 4 rings (SSSR count). The molecule has 0 unspecified atom stereocenters. The number of halogens is 1. The molecule has 0 aliphatic heterocycles. The van der Waals surface area contributed by atoms with Crippen molar-refractivity contribution in [2.24, 2.45) is 5.92 Å². The van der Waals surface area contributed by atoms with Gasteiger partial charge in [-0.15, -0.1) is 11.3 Å². The number of nitrogens with one attached hydrogen (secondary N) is 1. The molecule has 1 aromatic carbocycles. The first-order chi connectivity index (χ1) is 11.6. The maximum Gasteiger partial charge on any atom is 0.267 e. The van der Waals surface area contributed by atoms with E-state index in [1.807, 2.05) is 10.6 Å². The molecule has 1 N–H and O–H groups in total. The Bertz CT molecular complexity index is 890. The number of hydrogen-bond donors (Lipinski definition) is 1. The van der Waals surface area contributed by atoms with E-state index in [4.69, 9.17) is 0 Å². The van der Waals surface area contributed by atoms with Crippen molar-refractivity contribution in [3.05, 3.63) is 58.3 Å². The number of rotatable bonds is 5. The molecular formula is C19H19FN2OS. The molecular weight excluding hydrogens is 323 g/mol. The summed E-state index contributed by atoms with van der Waals surface area (Å²) in [6.45, 7) is 3.39. The third-order valence-electron chi connectivity index (χ3n) is 4.45. The lowest BCUT2D eigenvalue weighted by molar-refractivity contribution is 0.0943. The van der Waals surface area contributed by atoms with Gasteiger partial charge in [-0.05, 0) is 55.5 Å². The van der Waals surface area contributed by atoms with E-state index in [-0.39, 0.29) is 11.7 Å². The summed E-state index contributed by atoms with van der Waals surface area (Å²) in [4.78, 5) is 13.8. The number of aromatic nitrogens is 1. The Kier molecular flexibility index (Phi) is 3.88. The summed E-state index contributed by atoms with van der Waals surface area (Å²) in [5.41, 5.74) is 2.73. The fourth-order valence-electron chi connectivity index (χ4n) is 2.95. The number of nitrogens with zero attached hydrogens (tertiary/aromatic N) is 1. The summed E-state index contributed by atoms with van der Waals surface area (Å²) >= 11 is 1.69. The number of carbonyl (C=O) groups is 1. The van der Waals surface area contributed by atoms with Crippen molar-refractivity contribution >= 4 is 27.5 Å². The lowest BCUT2D eigenvalue weighted by Gasteiger charge is -2.11. The van der Waals surface area contributed by atoms with Gasteiger partial charge in [-0.3, -0.25) is 4.79 Å². The van der Waals surface area contributed by atoms with Gasteiger partial charge in [0.15, 0.2) is 0 Å². The van der Waals surface area contributed by atoms with E-state index in [0.717, 1.165) is 22.3 Å². The van der Waals surface area contributed by atoms with E-state index in [2.05, 4.69) is 18.3 Å². The van der Waals surface area contributed by atoms with Crippen molar-refractivity contribution < 1.29 is 9.18 Å². The van der Waals surface area contributed by atoms with Crippen LogP contribution in [0.1, 0.15) is 33.8 Å². The van der Waals surface area contributed by atoms with Crippen LogP contribution in [-0.2, 0) is 6.54 Å². The van der Waals surface area contributed by atoms with Crippen LogP contribution >= 0.6 is 11.3 Å². The molecule has 1 aliphatic rings. The van der Waals surface area contributed by atoms with E-state index in [9.17, 15) is 9.18 Å². The summed E-state index contributed by atoms with van der Waals surface area (Å²) in [6, 6.07) is 10.5. The number of thiophene rings is 1. The van der Waals surface area contributed by atoms with E-state index < -0.39 is 0 Å². The highest BCUT2D eigenvalue weighted by Crippen LogP contribution is 2.30. The van der Waals surface area contributed by atoms with Crippen molar-refractivity contribution in [1.82, 2.24) is 9.88 Å². The Hall–Kier alpha value is -2.14. The minimum absolute atomic E-state index is 0.0231. The first kappa shape index (κ1) is 15.4. The molecule has 0 atom stereocenters. The number of benzene rings is 1. The van der Waals surface area contributed by atoms with Crippen LogP contribution in [-0.4, -0.2) is 17.0 Å². The smallest absolute Gasteiger partial charge is 0.267 e. The van der Waals surface area contributed by atoms with Crippen LogP contribution < -0.4 is 5.32 Å². The third-order valence-corrected chi connectivity index (χ3v) is 5.43. The maximum atomic E-state index is 13.1. The zero-order chi connectivity index (χ0) is 16.7. The molecule has 1 amide bonds. The molecule has 24 heavy (non-hydrogen) atoms. The van der Waals surface area contributed by atoms with E-state index in [0.29, 0.717) is 18.2 Å². The van der Waals surface area contributed by atoms with Crippen molar-refractivity contribution in [3.63, 3.8) is 0 Å². The van der Waals surface area contributed by atoms with Gasteiger partial charge in [0.2, 0.25) is 0 Å². The van der Waals surface area contributed by atoms with Gasteiger partial charge in [0, 0.05) is 18.0 Å². The molecule has 0 spiro atoms. The molecule has 3 nitrogen and oxygen atoms in total. The number of aryl methyl sites for hydroxylation is 1. The van der Waals surface area contributed by atoms with Crippen molar-refractivity contribution in [2.75, 3.05) is 6.54 Å². The largest absolute Gasteiger partial charge is 0.350 e. The average Bonchev–Trinajstić information content (AvgIpc) is 3.24. The lowest BCUT2D eigenvalue weighted by Crippen LogP contribution is -2.27. The van der Waals surface area contributed by atoms with Crippen molar-refractivity contribution in [2.45, 2.75) is 26.3 Å². The van der Waals surface area contributed by atoms with Gasteiger partial charge < -0.3 is 9.88 Å². The zero-order valence-electron chi connectivity index (χ0n) is 13.5. The molecule has 3 aromatic rings. The van der Waals surface area contributed by atoms with Gasteiger partial charge in [-0.1, -0.05) is 12.1 Å². The Balaban J connectivity index is 1.67. The van der Waals surface area contributed by atoms with E-state index in [1.54, 1.807) is 23.5 Å². The lowest BCUT2D eigenvalue weighted by atomic mass is 10.2. The first-order valence-corrected chi connectivity index (χ1v) is 9.04. The van der Waals surface area contributed by atoms with Gasteiger partial charge in [0.05, 0.1) is 10.2 Å². The van der Waals surface area contributed by atoms with Crippen molar-refractivity contribution in [3.8, 4) is 0 Å². The molecule has 0 bridgehead atoms. The molecule has 1 saturated carbocycles. The molecule has 5 heteroatoms. The second-order valence-corrected chi connectivity index (χ2v) is 7.79. The van der Waals surface area contributed by atoms with Gasteiger partial charge in [0.1, 0.15) is 11.5 Å². The van der Waals surface area contributed by atoms with Crippen molar-refractivity contribution in [1.29, 1.82) is 0 Å². The monoisotopic (exact) mass is 342 g/mol. The summed E-state index contributed by atoms with van der Waals surface area (Å²) in [6.07, 6.45) is 2.43. The van der Waals surface area contributed by atoms with E-state index >= 15 is 0 Å². The number of carbonyl (C=O) groups excluding carboxylic acids is 1. The summed E-state index contributed by atoms with van der Waals surface area (Å²) in [5.74, 6) is 0.382. The molecule has 0 saturated heterocycles. The number of amides is 1. The average molecular weight is 342 g/mol. The topological polar surface area (TPSA) is 34.0 Å². The Morgan fingerprint density at radius 1 is 1.29 bits per heavy atom. The Morgan fingerprint density at radius 3 is 2.75 bits per heavy atom. The number of hydrogen-bond acceptors (Lipinski definition) is 2. The Labute approximate surface area is 144 Å². The molecule has 1 aliphatic carbocycles. The molecule has 1 fully saturated rings. The second-order valence-electron chi connectivity index (χ2n) is 6.50. The first-order valence-electron chi connectivity index (χ1n) is 8.22. The molecule has 124 valence electrons. The fourth-order valence-corrected chi connectivity index (χ4v) is 3.91. The minimum atomic E-state index is -0.245. The predicted octanol–water partition coefficient (Wildman–Crippen LogP) is 4.34. The van der Waals surface area contributed by atoms with Crippen LogP contribution in [0.3, 0.4) is 0 Å². The van der Waals surface area contributed by atoms with E-state index in [1.165, 1.54) is 29.9 Å². The maximum absolute atomic E-state index is 13.1. The highest BCUT2D eigenvalue weighted by Gasteiger charge is 2.23. The summed E-state index contributed by atoms with van der Waals surface area (Å²) in [5, 5.41) is 3.05. The minimum Gasteiger partial charge on any atom is -0.350 e. The molecule has 0 radical (unpaired) electrons. The van der Waals surface area contributed by atoms with Crippen LogP contribution in [0, 0.1) is 18.7 Å². The Morgan fingerprint density at radius 2 is 2.04 bits per heavy atom. The van der Waals surface area contributed by atoms with Crippen LogP contribution in [0.15, 0.2) is 36.4 Å². The van der Waals surface area contributed by atoms with Crippen LogP contribution in [0.25, 0.3) is 10.2 Å². The van der Waals surface area contributed by atoms with Gasteiger partial charge in [-0.2, -0.15) is 0 Å². The normalized spacial score (nSPS) is 14.2. The number of fused-ring (bicyclic) bond motifs is 1. The van der Waals surface area contributed by atoms with Crippen LogP contribution in [0.2, 0.25) is 0 Å². The van der Waals surface area contributed by atoms with Crippen LogP contribution in [0.5, 0.6) is 0 Å². The zero-order valence-corrected chi connectivity index (χ0v) is 14.3. The summed E-state index contributed by atoms with van der Waals surface area (Å²) < 4.78 is 16.3. The second kappa shape index (κ2) is 6.06. The highest BCUT2D eigenvalue weighted by molar-refractivity contribution is 7.19. The van der Waals surface area contributed by atoms with Crippen LogP contribution in [0.4, 0.5) is 4.39 Å². The van der Waals surface area contributed by atoms with Gasteiger partial charge in [0.25, 0.3) is 5.91 Å². The summed E-state index contributed by atoms with van der Waals surface area (Å²) in [7, 11) is 0.